The van der Waals surface area contributed by atoms with Gasteiger partial charge >= 0.3 is 5.97 Å². The van der Waals surface area contributed by atoms with Crippen LogP contribution in [0.1, 0.15) is 67.7 Å². The first-order chi connectivity index (χ1) is 11.4. The summed E-state index contributed by atoms with van der Waals surface area (Å²) in [5.41, 5.74) is 2.91. The Kier molecular flexibility index (Phi) is 4.66. The summed E-state index contributed by atoms with van der Waals surface area (Å²) in [5.74, 6) is -0.787. The fraction of sp³-hybridized carbons (Fsp3) is 0.600. The number of piperidine rings is 1. The standard InChI is InChI=1S/C20H27NO3/c1-14-7-5-8-16(15(14)2)17-9-3-4-12-21(17)18(22)13-20(19(23)24)10-6-11-20/h5,7-8,17H,3-4,6,9-13H2,1-2H3,(H,23,24). The maximum atomic E-state index is 13.0. The molecule has 1 unspecified atom stereocenters. The number of amides is 1. The molecule has 1 aromatic carbocycles. The minimum absolute atomic E-state index is 0.0164. The van der Waals surface area contributed by atoms with Crippen molar-refractivity contribution < 1.29 is 14.7 Å². The zero-order chi connectivity index (χ0) is 17.3. The summed E-state index contributed by atoms with van der Waals surface area (Å²) in [6, 6.07) is 6.37. The Labute approximate surface area is 143 Å². The molecule has 4 nitrogen and oxygen atoms in total. The second kappa shape index (κ2) is 6.58. The molecular formula is C20H27NO3. The lowest BCUT2D eigenvalue weighted by Crippen LogP contribution is -2.46. The van der Waals surface area contributed by atoms with Crippen molar-refractivity contribution in [3.8, 4) is 0 Å². The van der Waals surface area contributed by atoms with Crippen LogP contribution in [0.5, 0.6) is 0 Å². The average Bonchev–Trinajstić information content (AvgIpc) is 2.53. The van der Waals surface area contributed by atoms with Crippen LogP contribution in [0.15, 0.2) is 18.2 Å². The predicted octanol–water partition coefficient (Wildman–Crippen LogP) is 4.00. The van der Waals surface area contributed by atoms with Gasteiger partial charge in [0.05, 0.1) is 11.5 Å². The van der Waals surface area contributed by atoms with Gasteiger partial charge in [-0.15, -0.1) is 0 Å². The Morgan fingerprint density at radius 1 is 1.21 bits per heavy atom. The van der Waals surface area contributed by atoms with E-state index in [-0.39, 0.29) is 18.4 Å². The maximum absolute atomic E-state index is 13.0. The Morgan fingerprint density at radius 2 is 1.96 bits per heavy atom. The Balaban J connectivity index is 1.83. The number of aryl methyl sites for hydroxylation is 1. The second-order valence-electron chi connectivity index (χ2n) is 7.50. The van der Waals surface area contributed by atoms with Gasteiger partial charge in [-0.05, 0) is 62.6 Å². The van der Waals surface area contributed by atoms with Gasteiger partial charge in [0.25, 0.3) is 0 Å². The van der Waals surface area contributed by atoms with Crippen molar-refractivity contribution in [3.05, 3.63) is 34.9 Å². The molecule has 1 N–H and O–H groups in total. The Bertz CT molecular complexity index is 648. The first-order valence-corrected chi connectivity index (χ1v) is 9.04. The van der Waals surface area contributed by atoms with Crippen molar-refractivity contribution in [2.75, 3.05) is 6.54 Å². The molecule has 1 atom stereocenters. The van der Waals surface area contributed by atoms with Crippen LogP contribution in [0.4, 0.5) is 0 Å². The Morgan fingerprint density at radius 3 is 2.58 bits per heavy atom. The molecule has 1 saturated carbocycles. The number of hydrogen-bond acceptors (Lipinski definition) is 2. The molecule has 130 valence electrons. The van der Waals surface area contributed by atoms with Gasteiger partial charge in [0.1, 0.15) is 0 Å². The van der Waals surface area contributed by atoms with Crippen molar-refractivity contribution in [1.29, 1.82) is 0 Å². The molecule has 24 heavy (non-hydrogen) atoms. The molecule has 0 bridgehead atoms. The van der Waals surface area contributed by atoms with Crippen LogP contribution >= 0.6 is 0 Å². The predicted molar refractivity (Wildman–Crippen MR) is 92.8 cm³/mol. The molecule has 2 fully saturated rings. The number of carbonyl (C=O) groups excluding carboxylic acids is 1. The molecule has 1 saturated heterocycles. The molecule has 4 heteroatoms. The largest absolute Gasteiger partial charge is 0.481 e. The third kappa shape index (κ3) is 2.94. The molecule has 1 aliphatic heterocycles. The number of aliphatic carboxylic acids is 1. The minimum atomic E-state index is -0.805. The lowest BCUT2D eigenvalue weighted by atomic mass is 9.66. The number of hydrogen-bond donors (Lipinski definition) is 1. The van der Waals surface area contributed by atoms with Crippen LogP contribution in [-0.4, -0.2) is 28.4 Å². The highest BCUT2D eigenvalue weighted by atomic mass is 16.4. The smallest absolute Gasteiger partial charge is 0.310 e. The van der Waals surface area contributed by atoms with E-state index in [1.165, 1.54) is 16.7 Å². The molecule has 0 spiro atoms. The zero-order valence-corrected chi connectivity index (χ0v) is 14.7. The van der Waals surface area contributed by atoms with Crippen molar-refractivity contribution in [1.82, 2.24) is 4.90 Å². The topological polar surface area (TPSA) is 57.6 Å². The number of benzene rings is 1. The van der Waals surface area contributed by atoms with Crippen molar-refractivity contribution >= 4 is 11.9 Å². The molecule has 0 aromatic heterocycles. The van der Waals surface area contributed by atoms with E-state index >= 15 is 0 Å². The van der Waals surface area contributed by atoms with Gasteiger partial charge in [-0.2, -0.15) is 0 Å². The highest BCUT2D eigenvalue weighted by molar-refractivity contribution is 5.86. The van der Waals surface area contributed by atoms with E-state index in [2.05, 4.69) is 32.0 Å². The second-order valence-corrected chi connectivity index (χ2v) is 7.50. The monoisotopic (exact) mass is 329 g/mol. The van der Waals surface area contributed by atoms with Gasteiger partial charge in [-0.25, -0.2) is 0 Å². The van der Waals surface area contributed by atoms with Crippen molar-refractivity contribution in [3.63, 3.8) is 0 Å². The van der Waals surface area contributed by atoms with E-state index in [1.54, 1.807) is 0 Å². The fourth-order valence-electron chi connectivity index (χ4n) is 4.15. The van der Waals surface area contributed by atoms with Crippen molar-refractivity contribution in [2.45, 2.75) is 64.8 Å². The van der Waals surface area contributed by atoms with Crippen LogP contribution < -0.4 is 0 Å². The number of rotatable bonds is 4. The third-order valence-corrected chi connectivity index (χ3v) is 6.08. The molecule has 1 aromatic rings. The lowest BCUT2D eigenvalue weighted by molar-refractivity contribution is -0.160. The van der Waals surface area contributed by atoms with E-state index in [0.29, 0.717) is 12.8 Å². The summed E-state index contributed by atoms with van der Waals surface area (Å²) in [4.78, 5) is 26.5. The summed E-state index contributed by atoms with van der Waals surface area (Å²) in [7, 11) is 0. The van der Waals surface area contributed by atoms with Gasteiger partial charge < -0.3 is 10.0 Å². The molecule has 1 aliphatic carbocycles. The highest BCUT2D eigenvalue weighted by Gasteiger charge is 2.47. The molecule has 1 heterocycles. The average molecular weight is 329 g/mol. The van der Waals surface area contributed by atoms with Gasteiger partial charge in [0.15, 0.2) is 0 Å². The fourth-order valence-corrected chi connectivity index (χ4v) is 4.15. The van der Waals surface area contributed by atoms with Crippen LogP contribution in [0.3, 0.4) is 0 Å². The van der Waals surface area contributed by atoms with E-state index in [1.807, 2.05) is 4.90 Å². The number of carbonyl (C=O) groups is 2. The molecule has 2 aliphatic rings. The summed E-state index contributed by atoms with van der Waals surface area (Å²) < 4.78 is 0. The van der Waals surface area contributed by atoms with E-state index < -0.39 is 11.4 Å². The van der Waals surface area contributed by atoms with Gasteiger partial charge in [0.2, 0.25) is 5.91 Å². The number of carboxylic acid groups (broad SMARTS) is 1. The van der Waals surface area contributed by atoms with Crippen molar-refractivity contribution in [2.24, 2.45) is 5.41 Å². The SMILES string of the molecule is Cc1cccc(C2CCCCN2C(=O)CC2(C(=O)O)CCC2)c1C. The van der Waals surface area contributed by atoms with Crippen LogP contribution in [0.2, 0.25) is 0 Å². The Hall–Kier alpha value is -1.84. The first-order valence-electron chi connectivity index (χ1n) is 9.04. The molecule has 3 rings (SSSR count). The third-order valence-electron chi connectivity index (χ3n) is 6.08. The summed E-state index contributed by atoms with van der Waals surface area (Å²) >= 11 is 0. The maximum Gasteiger partial charge on any atom is 0.310 e. The normalized spacial score (nSPS) is 22.8. The van der Waals surface area contributed by atoms with Gasteiger partial charge in [-0.1, -0.05) is 24.6 Å². The van der Waals surface area contributed by atoms with Gasteiger partial charge in [-0.3, -0.25) is 9.59 Å². The molecular weight excluding hydrogens is 302 g/mol. The number of nitrogens with zero attached hydrogens (tertiary/aromatic N) is 1. The quantitative estimate of drug-likeness (QED) is 0.908. The molecule has 1 amide bonds. The molecule has 0 radical (unpaired) electrons. The minimum Gasteiger partial charge on any atom is -0.481 e. The highest BCUT2D eigenvalue weighted by Crippen LogP contribution is 2.45. The van der Waals surface area contributed by atoms with Gasteiger partial charge in [0, 0.05) is 13.0 Å². The number of likely N-dealkylation sites (tertiary alicyclic amines) is 1. The van der Waals surface area contributed by atoms with Crippen LogP contribution in [-0.2, 0) is 9.59 Å². The van der Waals surface area contributed by atoms with E-state index in [0.717, 1.165) is 32.2 Å². The zero-order valence-electron chi connectivity index (χ0n) is 14.7. The van der Waals surface area contributed by atoms with E-state index in [4.69, 9.17) is 0 Å². The lowest BCUT2D eigenvalue weighted by Gasteiger charge is -2.42. The number of carboxylic acids is 1. The summed E-state index contributed by atoms with van der Waals surface area (Å²) in [6.07, 6.45) is 5.44. The van der Waals surface area contributed by atoms with E-state index in [9.17, 15) is 14.7 Å². The van der Waals surface area contributed by atoms with Crippen LogP contribution in [0.25, 0.3) is 0 Å². The van der Waals surface area contributed by atoms with Crippen LogP contribution in [0, 0.1) is 19.3 Å². The summed E-state index contributed by atoms with van der Waals surface area (Å²) in [5, 5.41) is 9.52. The first kappa shape index (κ1) is 17.0. The summed E-state index contributed by atoms with van der Waals surface area (Å²) in [6.45, 7) is 4.96.